The summed E-state index contributed by atoms with van der Waals surface area (Å²) >= 11 is 0. The smallest absolute Gasteiger partial charge is 0.662 e. The van der Waals surface area contributed by atoms with Gasteiger partial charge in [-0.2, -0.15) is 0 Å². The van der Waals surface area contributed by atoms with Crippen molar-refractivity contribution in [3.05, 3.63) is 16.0 Å². The molecule has 729 valence electrons. The van der Waals surface area contributed by atoms with E-state index in [-0.39, 0.29) is 21.7 Å². The Hall–Kier alpha value is 0.554. The third-order valence-corrected chi connectivity index (χ3v) is 26.8. The summed E-state index contributed by atoms with van der Waals surface area (Å²) in [5, 5.41) is 23.1. The fraction of sp³-hybridized carbons (Fsp3) is 1.00. The summed E-state index contributed by atoms with van der Waals surface area (Å²) in [6, 6.07) is 0. The zero-order chi connectivity index (χ0) is 87.4. The van der Waals surface area contributed by atoms with Crippen LogP contribution < -0.4 is 0 Å². The predicted molar refractivity (Wildman–Crippen MR) is 557 cm³/mol. The second-order valence-electron chi connectivity index (χ2n) is 39.4. The van der Waals surface area contributed by atoms with E-state index >= 15 is 0 Å². The van der Waals surface area contributed by atoms with Crippen LogP contribution in [-0.4, -0.2) is 51.0 Å². The molecule has 0 amide bonds. The van der Waals surface area contributed by atoms with E-state index in [9.17, 15) is 0 Å². The van der Waals surface area contributed by atoms with Gasteiger partial charge in [0.05, 0.1) is 0 Å². The third-order valence-electron chi connectivity index (χ3n) is 26.8. The van der Waals surface area contributed by atoms with E-state index in [1.54, 1.807) is 0 Å². The Bertz CT molecular complexity index is 1310. The standard InChI is InChI=1S/3C36H74N.C8H18O.Ti/c3*1-3-5-7-9-11-13-15-17-19-21-23-25-27-29-31-33-35-37-36-34-32-30-28-26-24-22-20-18-16-14-12-10-8-6-4-2;1-3-5-6-8(4-2)7-9;/h3*3-36H2,1-2H3;8-9H,3-7H2,1-2H3;/q3*-1;;+3. The van der Waals surface area contributed by atoms with Crippen LogP contribution in [0.1, 0.15) is 697 Å². The molecule has 0 rings (SSSR count). The first kappa shape index (κ1) is 130. The summed E-state index contributed by atoms with van der Waals surface area (Å²) in [5.74, 6) is 0.560. The molecule has 1 radical (unpaired) electrons. The van der Waals surface area contributed by atoms with Gasteiger partial charge < -0.3 is 21.1 Å². The summed E-state index contributed by atoms with van der Waals surface area (Å²) in [6.45, 7) is 25.3. The van der Waals surface area contributed by atoms with E-state index in [2.05, 4.69) is 55.4 Å². The molecule has 0 heterocycles. The van der Waals surface area contributed by atoms with E-state index in [1.807, 2.05) is 0 Å². The molecule has 121 heavy (non-hydrogen) atoms. The topological polar surface area (TPSA) is 62.5 Å². The van der Waals surface area contributed by atoms with Crippen LogP contribution in [0.2, 0.25) is 0 Å². The van der Waals surface area contributed by atoms with Crippen molar-refractivity contribution in [2.24, 2.45) is 5.92 Å². The largest absolute Gasteiger partial charge is 3.00 e. The van der Waals surface area contributed by atoms with Crippen LogP contribution in [-0.2, 0) is 21.7 Å². The van der Waals surface area contributed by atoms with Gasteiger partial charge in [-0.3, -0.25) is 0 Å². The Morgan fingerprint density at radius 2 is 0.223 bits per heavy atom. The van der Waals surface area contributed by atoms with Crippen molar-refractivity contribution in [2.45, 2.75) is 697 Å². The molecule has 0 aromatic heterocycles. The Kier molecular flexibility index (Phi) is 144. The fourth-order valence-electron chi connectivity index (χ4n) is 17.9. The molecule has 1 atom stereocenters. The molecule has 0 saturated carbocycles. The molecule has 0 aliphatic carbocycles. The minimum Gasteiger partial charge on any atom is -0.662 e. The van der Waals surface area contributed by atoms with Crippen LogP contribution in [0.4, 0.5) is 0 Å². The van der Waals surface area contributed by atoms with E-state index < -0.39 is 0 Å². The number of unbranched alkanes of at least 4 members (excludes halogenated alkanes) is 91. The van der Waals surface area contributed by atoms with Gasteiger partial charge in [0.15, 0.2) is 0 Å². The van der Waals surface area contributed by atoms with Crippen LogP contribution in [0.3, 0.4) is 0 Å². The van der Waals surface area contributed by atoms with Crippen LogP contribution in [0.5, 0.6) is 0 Å². The summed E-state index contributed by atoms with van der Waals surface area (Å²) in [4.78, 5) is 0. The molecule has 0 aromatic carbocycles. The van der Waals surface area contributed by atoms with Gasteiger partial charge in [0.25, 0.3) is 0 Å². The van der Waals surface area contributed by atoms with E-state index in [0.29, 0.717) is 12.5 Å². The Morgan fingerprint density at radius 3 is 0.306 bits per heavy atom. The maximum Gasteiger partial charge on any atom is 3.00 e. The molecule has 1 unspecified atom stereocenters. The Labute approximate surface area is 786 Å². The van der Waals surface area contributed by atoms with Gasteiger partial charge in [-0.15, -0.1) is 39.3 Å². The second kappa shape index (κ2) is 134. The minimum atomic E-state index is 0. The average Bonchev–Trinajstić information content (AvgIpc) is 1.09. The van der Waals surface area contributed by atoms with Crippen LogP contribution in [0.15, 0.2) is 0 Å². The first-order chi connectivity index (χ1) is 59.6. The second-order valence-corrected chi connectivity index (χ2v) is 39.4. The average molecular weight is 1740 g/mol. The van der Waals surface area contributed by atoms with Gasteiger partial charge in [0.2, 0.25) is 0 Å². The van der Waals surface area contributed by atoms with E-state index in [0.717, 1.165) is 45.7 Å². The number of hydrogen-bond acceptors (Lipinski definition) is 1. The molecule has 0 bridgehead atoms. The summed E-state index contributed by atoms with van der Waals surface area (Å²) in [5.41, 5.74) is 0. The van der Waals surface area contributed by atoms with Crippen molar-refractivity contribution in [1.29, 1.82) is 0 Å². The quantitative estimate of drug-likeness (QED) is 0.0479. The predicted octanol–water partition coefficient (Wildman–Crippen LogP) is 43.8. The fourth-order valence-corrected chi connectivity index (χ4v) is 17.9. The monoisotopic (exact) mass is 1740 g/mol. The molecule has 0 aromatic rings. The Morgan fingerprint density at radius 1 is 0.132 bits per heavy atom. The molecule has 0 aliphatic rings. The van der Waals surface area contributed by atoms with E-state index in [1.165, 1.54) is 636 Å². The third kappa shape index (κ3) is 139. The van der Waals surface area contributed by atoms with Crippen molar-refractivity contribution < 1.29 is 26.8 Å². The summed E-state index contributed by atoms with van der Waals surface area (Å²) < 4.78 is 0. The van der Waals surface area contributed by atoms with Gasteiger partial charge in [0, 0.05) is 6.61 Å². The maximum atomic E-state index is 8.75. The number of nitrogens with zero attached hydrogens (tertiary/aromatic N) is 3. The van der Waals surface area contributed by atoms with Crippen molar-refractivity contribution in [3.63, 3.8) is 0 Å². The van der Waals surface area contributed by atoms with Crippen molar-refractivity contribution >= 4 is 0 Å². The van der Waals surface area contributed by atoms with E-state index in [4.69, 9.17) is 21.1 Å². The van der Waals surface area contributed by atoms with Crippen molar-refractivity contribution in [2.75, 3.05) is 45.9 Å². The molecule has 1 N–H and O–H groups in total. The van der Waals surface area contributed by atoms with Crippen LogP contribution >= 0.6 is 0 Å². The van der Waals surface area contributed by atoms with Crippen molar-refractivity contribution in [1.82, 2.24) is 0 Å². The van der Waals surface area contributed by atoms with Crippen molar-refractivity contribution in [3.8, 4) is 0 Å². The molecule has 5 heteroatoms. The SMILES string of the molecule is CCCCC(CC)CO.CCCCCCCCCCCCCCCCCC[N-]CCCCCCCCCCCCCCCCCC.CCCCCCCCCCCCCCCCCC[N-]CCCCCCCCCCCCCCCCCC.CCCCCCCCCCCCCCCCCC[N-]CCCCCCCCCCCCCCCCCC.[Ti+3]. The van der Waals surface area contributed by atoms with Gasteiger partial charge in [0.1, 0.15) is 0 Å². The maximum absolute atomic E-state index is 8.75. The Balaban J connectivity index is -0.000000525. The van der Waals surface area contributed by atoms with Crippen LogP contribution in [0.25, 0.3) is 16.0 Å². The molecule has 0 spiro atoms. The normalized spacial score (nSPS) is 11.6. The number of aliphatic hydroxyl groups is 1. The molecular formula is C116H240N3OTi. The first-order valence-corrected chi connectivity index (χ1v) is 58.1. The number of rotatable bonds is 107. The first-order valence-electron chi connectivity index (χ1n) is 58.1. The molecule has 0 fully saturated rings. The number of hydrogen-bond donors (Lipinski definition) is 1. The molecular weight excluding hydrogens is 1500 g/mol. The van der Waals surface area contributed by atoms with Gasteiger partial charge in [-0.05, 0) is 12.3 Å². The van der Waals surface area contributed by atoms with Gasteiger partial charge in [-0.25, -0.2) is 0 Å². The molecule has 4 nitrogen and oxygen atoms in total. The minimum absolute atomic E-state index is 0. The van der Waals surface area contributed by atoms with Gasteiger partial charge >= 0.3 is 21.7 Å². The zero-order valence-electron chi connectivity index (χ0n) is 86.5. The summed E-state index contributed by atoms with van der Waals surface area (Å²) in [6.07, 6.45) is 144. The molecule has 0 aliphatic heterocycles. The summed E-state index contributed by atoms with van der Waals surface area (Å²) in [7, 11) is 0. The van der Waals surface area contributed by atoms with Gasteiger partial charge in [-0.1, -0.05) is 691 Å². The molecule has 0 saturated heterocycles. The number of aliphatic hydroxyl groups excluding tert-OH is 1. The van der Waals surface area contributed by atoms with Crippen LogP contribution in [0, 0.1) is 5.92 Å². The zero-order valence-corrected chi connectivity index (χ0v) is 88.1.